The number of anilines is 1. The van der Waals surface area contributed by atoms with E-state index < -0.39 is 0 Å². The maximum Gasteiger partial charge on any atom is 0.261 e. The van der Waals surface area contributed by atoms with Crippen LogP contribution in [0.3, 0.4) is 0 Å². The predicted molar refractivity (Wildman–Crippen MR) is 115 cm³/mol. The summed E-state index contributed by atoms with van der Waals surface area (Å²) in [4.78, 5) is 17.5. The van der Waals surface area contributed by atoms with Gasteiger partial charge in [-0.15, -0.1) is 0 Å². The average molecular weight is 444 g/mol. The molecule has 3 aromatic carbocycles. The fourth-order valence-corrected chi connectivity index (χ4v) is 3.21. The number of carbonyl (C=O) groups is 1. The first kappa shape index (κ1) is 18.7. The molecule has 4 aromatic rings. The number of nitrogens with zero attached hydrogens (tertiary/aromatic N) is 2. The molecular formula is C23H14BrN3O2. The van der Waals surface area contributed by atoms with Gasteiger partial charge in [0.25, 0.3) is 5.91 Å². The van der Waals surface area contributed by atoms with Crippen LogP contribution in [0.1, 0.15) is 15.9 Å². The molecule has 140 valence electrons. The van der Waals surface area contributed by atoms with Crippen LogP contribution in [0.5, 0.6) is 0 Å². The van der Waals surface area contributed by atoms with Crippen molar-refractivity contribution in [3.8, 4) is 6.07 Å². The van der Waals surface area contributed by atoms with Crippen LogP contribution < -0.4 is 10.9 Å². The normalized spacial score (nSPS) is 11.2. The third-order valence-corrected chi connectivity index (χ3v) is 4.68. The van der Waals surface area contributed by atoms with E-state index in [1.165, 1.54) is 0 Å². The highest BCUT2D eigenvalue weighted by atomic mass is 79.9. The summed E-state index contributed by atoms with van der Waals surface area (Å²) in [7, 11) is 0. The van der Waals surface area contributed by atoms with Crippen LogP contribution in [0.25, 0.3) is 11.0 Å². The number of nitrogens with one attached hydrogen (secondary N) is 1. The summed E-state index contributed by atoms with van der Waals surface area (Å²) in [5, 5.41) is 12.7. The monoisotopic (exact) mass is 443 g/mol. The number of halogens is 1. The molecule has 0 atom stereocenters. The van der Waals surface area contributed by atoms with Gasteiger partial charge in [-0.25, -0.2) is 4.99 Å². The van der Waals surface area contributed by atoms with Crippen LogP contribution in [0.2, 0.25) is 0 Å². The summed E-state index contributed by atoms with van der Waals surface area (Å²) < 4.78 is 6.83. The first-order valence-electron chi connectivity index (χ1n) is 8.77. The minimum Gasteiger partial charge on any atom is -0.438 e. The van der Waals surface area contributed by atoms with Gasteiger partial charge in [0.1, 0.15) is 11.1 Å². The fourth-order valence-electron chi connectivity index (χ4n) is 2.83. The van der Waals surface area contributed by atoms with Crippen molar-refractivity contribution in [3.05, 3.63) is 100 Å². The van der Waals surface area contributed by atoms with Crippen LogP contribution in [0.15, 0.2) is 92.7 Å². The lowest BCUT2D eigenvalue weighted by Crippen LogP contribution is -2.21. The van der Waals surface area contributed by atoms with Gasteiger partial charge in [-0.2, -0.15) is 5.26 Å². The topological polar surface area (TPSA) is 78.4 Å². The zero-order chi connectivity index (χ0) is 20.2. The van der Waals surface area contributed by atoms with Gasteiger partial charge >= 0.3 is 0 Å². The molecule has 0 radical (unpaired) electrons. The van der Waals surface area contributed by atoms with Crippen LogP contribution in [0.4, 0.5) is 11.4 Å². The molecule has 1 aromatic heterocycles. The molecule has 0 unspecified atom stereocenters. The second-order valence-electron chi connectivity index (χ2n) is 6.24. The number of para-hydroxylation sites is 1. The van der Waals surface area contributed by atoms with Crippen LogP contribution in [-0.4, -0.2) is 5.91 Å². The first-order chi connectivity index (χ1) is 14.1. The maximum absolute atomic E-state index is 13.0. The number of carbonyl (C=O) groups excluding carboxylic acids is 1. The van der Waals surface area contributed by atoms with E-state index >= 15 is 0 Å². The van der Waals surface area contributed by atoms with Gasteiger partial charge < -0.3 is 9.73 Å². The molecule has 0 fully saturated rings. The van der Waals surface area contributed by atoms with Crippen molar-refractivity contribution in [1.29, 1.82) is 5.26 Å². The van der Waals surface area contributed by atoms with Crippen LogP contribution >= 0.6 is 15.9 Å². The van der Waals surface area contributed by atoms with Gasteiger partial charge in [-0.1, -0.05) is 40.2 Å². The van der Waals surface area contributed by atoms with Gasteiger partial charge in [-0.3, -0.25) is 4.79 Å². The van der Waals surface area contributed by atoms with Gasteiger partial charge in [0.05, 0.1) is 17.3 Å². The largest absolute Gasteiger partial charge is 0.438 e. The van der Waals surface area contributed by atoms with E-state index in [9.17, 15) is 4.79 Å². The number of hydrogen-bond donors (Lipinski definition) is 1. The number of hydrogen-bond acceptors (Lipinski definition) is 4. The highest BCUT2D eigenvalue weighted by molar-refractivity contribution is 9.10. The standard InChI is InChI=1S/C23H14BrN3O2/c24-17-9-10-21-16(12-17)13-20(22(28)26-18-6-2-1-3-7-18)23(29-21)27-19-8-4-5-15(11-19)14-25/h1-13H,(H,26,28). The van der Waals surface area contributed by atoms with Crippen molar-refractivity contribution in [2.45, 2.75) is 0 Å². The van der Waals surface area contributed by atoms with Gasteiger partial charge in [0.2, 0.25) is 5.55 Å². The summed E-state index contributed by atoms with van der Waals surface area (Å²) >= 11 is 3.44. The zero-order valence-corrected chi connectivity index (χ0v) is 16.7. The van der Waals surface area contributed by atoms with Crippen molar-refractivity contribution in [1.82, 2.24) is 0 Å². The Morgan fingerprint density at radius 2 is 1.83 bits per heavy atom. The molecule has 4 rings (SSSR count). The van der Waals surface area contributed by atoms with Crippen LogP contribution in [0, 0.1) is 11.3 Å². The van der Waals surface area contributed by atoms with Crippen LogP contribution in [-0.2, 0) is 0 Å². The van der Waals surface area contributed by atoms with E-state index in [2.05, 4.69) is 32.3 Å². The highest BCUT2D eigenvalue weighted by Crippen LogP contribution is 2.21. The second-order valence-corrected chi connectivity index (χ2v) is 7.16. The molecular weight excluding hydrogens is 430 g/mol. The van der Waals surface area contributed by atoms with E-state index in [0.29, 0.717) is 28.1 Å². The maximum atomic E-state index is 13.0. The molecule has 0 bridgehead atoms. The molecule has 0 aliphatic carbocycles. The summed E-state index contributed by atoms with van der Waals surface area (Å²) in [6, 6.07) is 25.4. The minimum atomic E-state index is -0.336. The molecule has 1 amide bonds. The minimum absolute atomic E-state index is 0.170. The molecule has 1 N–H and O–H groups in total. The molecule has 5 nitrogen and oxygen atoms in total. The average Bonchev–Trinajstić information content (AvgIpc) is 2.74. The summed E-state index contributed by atoms with van der Waals surface area (Å²) in [5.41, 5.74) is 2.73. The third kappa shape index (κ3) is 4.26. The second kappa shape index (κ2) is 8.13. The first-order valence-corrected chi connectivity index (χ1v) is 9.56. The van der Waals surface area contributed by atoms with Crippen molar-refractivity contribution < 1.29 is 9.21 Å². The Morgan fingerprint density at radius 1 is 1.00 bits per heavy atom. The van der Waals surface area contributed by atoms with Crippen molar-refractivity contribution in [3.63, 3.8) is 0 Å². The Balaban J connectivity index is 1.88. The Bertz CT molecular complexity index is 1320. The number of nitriles is 1. The molecule has 0 saturated heterocycles. The van der Waals surface area contributed by atoms with E-state index in [4.69, 9.17) is 9.68 Å². The van der Waals surface area contributed by atoms with Gasteiger partial charge in [0, 0.05) is 15.5 Å². The lowest BCUT2D eigenvalue weighted by molar-refractivity contribution is 0.102. The molecule has 6 heteroatoms. The summed E-state index contributed by atoms with van der Waals surface area (Å²) in [6.45, 7) is 0. The SMILES string of the molecule is N#Cc1cccc(N=c2oc3ccc(Br)cc3cc2C(=O)Nc2ccccc2)c1. The molecule has 0 saturated carbocycles. The Kier molecular flexibility index (Phi) is 5.23. The summed E-state index contributed by atoms with van der Waals surface area (Å²) in [6.07, 6.45) is 0. The highest BCUT2D eigenvalue weighted by Gasteiger charge is 2.13. The lowest BCUT2D eigenvalue weighted by atomic mass is 10.1. The number of fused-ring (bicyclic) bond motifs is 1. The van der Waals surface area contributed by atoms with E-state index in [0.717, 1.165) is 9.86 Å². The predicted octanol–water partition coefficient (Wildman–Crippen LogP) is 5.55. The Hall–Kier alpha value is -3.69. The van der Waals surface area contributed by atoms with E-state index in [1.54, 1.807) is 42.5 Å². The van der Waals surface area contributed by atoms with Gasteiger partial charge in [-0.05, 0) is 54.6 Å². The van der Waals surface area contributed by atoms with Crippen molar-refractivity contribution in [2.24, 2.45) is 4.99 Å². The quantitative estimate of drug-likeness (QED) is 0.450. The lowest BCUT2D eigenvalue weighted by Gasteiger charge is -2.07. The van der Waals surface area contributed by atoms with Gasteiger partial charge in [0.15, 0.2) is 0 Å². The molecule has 1 heterocycles. The third-order valence-electron chi connectivity index (χ3n) is 4.19. The summed E-state index contributed by atoms with van der Waals surface area (Å²) in [5.74, 6) is -0.336. The molecule has 0 aliphatic rings. The molecule has 29 heavy (non-hydrogen) atoms. The van der Waals surface area contributed by atoms with Crippen molar-refractivity contribution >= 4 is 44.2 Å². The number of rotatable bonds is 3. The Labute approximate surface area is 175 Å². The number of amides is 1. The Morgan fingerprint density at radius 3 is 2.62 bits per heavy atom. The number of benzene rings is 3. The molecule has 0 aliphatic heterocycles. The smallest absolute Gasteiger partial charge is 0.261 e. The van der Waals surface area contributed by atoms with Crippen molar-refractivity contribution in [2.75, 3.05) is 5.32 Å². The van der Waals surface area contributed by atoms with E-state index in [1.807, 2.05) is 36.4 Å². The van der Waals surface area contributed by atoms with E-state index in [-0.39, 0.29) is 11.5 Å². The zero-order valence-electron chi connectivity index (χ0n) is 15.1. The molecule has 0 spiro atoms. The fraction of sp³-hybridized carbons (Fsp3) is 0.